The molecule has 154 valence electrons. The summed E-state index contributed by atoms with van der Waals surface area (Å²) in [5, 5.41) is 0. The largest absolute Gasteiger partial charge is 0.342 e. The summed E-state index contributed by atoms with van der Waals surface area (Å²) in [4.78, 5) is 29.5. The molecule has 1 aromatic rings. The number of likely N-dealkylation sites (tertiary alicyclic amines) is 1. The first-order chi connectivity index (χ1) is 13.5. The third kappa shape index (κ3) is 4.22. The van der Waals surface area contributed by atoms with Crippen LogP contribution < -0.4 is 0 Å². The van der Waals surface area contributed by atoms with Gasteiger partial charge in [-0.1, -0.05) is 38.8 Å². The lowest BCUT2D eigenvalue weighted by molar-refractivity contribution is -0.137. The highest BCUT2D eigenvalue weighted by atomic mass is 32.2. The number of carbonyl (C=O) groups excluding carboxylic acids is 2. The Kier molecular flexibility index (Phi) is 7.02. The Morgan fingerprint density at radius 2 is 1.89 bits per heavy atom. The lowest BCUT2D eigenvalue weighted by atomic mass is 9.95. The zero-order valence-electron chi connectivity index (χ0n) is 17.0. The van der Waals surface area contributed by atoms with E-state index in [-0.39, 0.29) is 28.2 Å². The molecule has 2 aliphatic rings. The van der Waals surface area contributed by atoms with Crippen LogP contribution in [0, 0.1) is 11.7 Å². The van der Waals surface area contributed by atoms with Crippen molar-refractivity contribution >= 4 is 23.6 Å². The van der Waals surface area contributed by atoms with Gasteiger partial charge >= 0.3 is 0 Å². The number of thioether (sulfide) groups is 1. The van der Waals surface area contributed by atoms with E-state index in [1.165, 1.54) is 6.07 Å². The molecule has 2 amide bonds. The van der Waals surface area contributed by atoms with Crippen LogP contribution >= 0.6 is 11.8 Å². The fourth-order valence-corrected chi connectivity index (χ4v) is 5.83. The van der Waals surface area contributed by atoms with E-state index in [1.807, 2.05) is 9.80 Å². The zero-order valence-corrected chi connectivity index (χ0v) is 17.8. The maximum atomic E-state index is 14.1. The molecule has 28 heavy (non-hydrogen) atoms. The fourth-order valence-electron chi connectivity index (χ4n) is 4.38. The number of piperidine rings is 1. The van der Waals surface area contributed by atoms with Crippen LogP contribution in [0.25, 0.3) is 0 Å². The van der Waals surface area contributed by atoms with Crippen LogP contribution in [0.2, 0.25) is 0 Å². The summed E-state index contributed by atoms with van der Waals surface area (Å²) in [5.74, 6) is 0.552. The van der Waals surface area contributed by atoms with E-state index in [1.54, 1.807) is 30.0 Å². The first kappa shape index (κ1) is 21.2. The summed E-state index contributed by atoms with van der Waals surface area (Å²) in [6, 6.07) is 6.21. The Morgan fingerprint density at radius 1 is 1.18 bits per heavy atom. The highest BCUT2D eigenvalue weighted by Gasteiger charge is 2.47. The van der Waals surface area contributed by atoms with Crippen molar-refractivity contribution in [3.05, 3.63) is 35.6 Å². The predicted molar refractivity (Wildman–Crippen MR) is 112 cm³/mol. The second kappa shape index (κ2) is 9.29. The lowest BCUT2D eigenvalue weighted by Crippen LogP contribution is -2.54. The van der Waals surface area contributed by atoms with Gasteiger partial charge in [0.2, 0.25) is 5.91 Å². The summed E-state index contributed by atoms with van der Waals surface area (Å²) in [7, 11) is 0. The van der Waals surface area contributed by atoms with E-state index in [2.05, 4.69) is 13.8 Å². The van der Waals surface area contributed by atoms with Crippen molar-refractivity contribution in [1.82, 2.24) is 9.80 Å². The van der Waals surface area contributed by atoms with Crippen molar-refractivity contribution in [3.8, 4) is 0 Å². The van der Waals surface area contributed by atoms with Crippen molar-refractivity contribution in [3.63, 3.8) is 0 Å². The fraction of sp³-hybridized carbons (Fsp3) is 0.636. The van der Waals surface area contributed by atoms with Gasteiger partial charge in [0.25, 0.3) is 5.91 Å². The number of unbranched alkanes of at least 4 members (excludes halogenated alkanes) is 1. The van der Waals surface area contributed by atoms with E-state index in [0.29, 0.717) is 19.6 Å². The smallest absolute Gasteiger partial charge is 0.257 e. The van der Waals surface area contributed by atoms with Crippen LogP contribution in [-0.4, -0.2) is 51.9 Å². The topological polar surface area (TPSA) is 40.6 Å². The molecule has 3 rings (SSSR count). The van der Waals surface area contributed by atoms with E-state index in [4.69, 9.17) is 0 Å². The van der Waals surface area contributed by atoms with Gasteiger partial charge in [-0.05, 0) is 37.8 Å². The number of hydrogen-bond donors (Lipinski definition) is 0. The van der Waals surface area contributed by atoms with Gasteiger partial charge in [-0.2, -0.15) is 0 Å². The monoisotopic (exact) mass is 406 g/mol. The molecule has 1 aromatic carbocycles. The molecule has 4 nitrogen and oxygen atoms in total. The van der Waals surface area contributed by atoms with Gasteiger partial charge in [0.1, 0.15) is 5.82 Å². The lowest BCUT2D eigenvalue weighted by Gasteiger charge is -2.44. The number of carbonyl (C=O) groups is 2. The van der Waals surface area contributed by atoms with Gasteiger partial charge in [-0.15, -0.1) is 11.8 Å². The Hall–Kier alpha value is -1.56. The summed E-state index contributed by atoms with van der Waals surface area (Å²) >= 11 is 1.79. The second-order valence-electron chi connectivity index (χ2n) is 7.80. The van der Waals surface area contributed by atoms with Crippen molar-refractivity contribution in [2.45, 2.75) is 57.2 Å². The van der Waals surface area contributed by atoms with Crippen LogP contribution in [0.4, 0.5) is 4.39 Å². The molecule has 2 aliphatic heterocycles. The Balaban J connectivity index is 1.67. The van der Waals surface area contributed by atoms with Crippen LogP contribution in [-0.2, 0) is 4.79 Å². The molecule has 1 atom stereocenters. The van der Waals surface area contributed by atoms with Gasteiger partial charge in [-0.3, -0.25) is 9.59 Å². The zero-order chi connectivity index (χ0) is 20.1. The van der Waals surface area contributed by atoms with E-state index < -0.39 is 5.82 Å². The van der Waals surface area contributed by atoms with Crippen molar-refractivity contribution in [1.29, 1.82) is 0 Å². The van der Waals surface area contributed by atoms with E-state index >= 15 is 0 Å². The molecule has 0 unspecified atom stereocenters. The number of rotatable bonds is 6. The highest BCUT2D eigenvalue weighted by Crippen LogP contribution is 2.45. The first-order valence-electron chi connectivity index (χ1n) is 10.5. The third-order valence-electron chi connectivity index (χ3n) is 6.13. The van der Waals surface area contributed by atoms with Crippen molar-refractivity contribution in [2.75, 3.05) is 25.4 Å². The van der Waals surface area contributed by atoms with E-state index in [0.717, 1.165) is 44.3 Å². The Bertz CT molecular complexity index is 704. The van der Waals surface area contributed by atoms with Crippen LogP contribution in [0.5, 0.6) is 0 Å². The number of nitrogens with zero attached hydrogens (tertiary/aromatic N) is 2. The van der Waals surface area contributed by atoms with Crippen LogP contribution in [0.1, 0.15) is 62.7 Å². The number of hydrogen-bond acceptors (Lipinski definition) is 3. The van der Waals surface area contributed by atoms with Crippen LogP contribution in [0.3, 0.4) is 0 Å². The summed E-state index contributed by atoms with van der Waals surface area (Å²) in [6.07, 6.45) is 5.55. The molecule has 2 fully saturated rings. The maximum Gasteiger partial charge on any atom is 0.257 e. The molecular weight excluding hydrogens is 375 g/mol. The molecular formula is C22H31FN2O2S. The second-order valence-corrected chi connectivity index (χ2v) is 9.26. The van der Waals surface area contributed by atoms with Gasteiger partial charge in [-0.25, -0.2) is 4.39 Å². The highest BCUT2D eigenvalue weighted by molar-refractivity contribution is 8.00. The molecule has 0 radical (unpaired) electrons. The minimum atomic E-state index is -0.464. The number of amides is 2. The van der Waals surface area contributed by atoms with Gasteiger partial charge < -0.3 is 9.80 Å². The van der Waals surface area contributed by atoms with Crippen molar-refractivity contribution in [2.24, 2.45) is 5.92 Å². The van der Waals surface area contributed by atoms with Crippen LogP contribution in [0.15, 0.2) is 24.3 Å². The van der Waals surface area contributed by atoms with Gasteiger partial charge in [0.15, 0.2) is 0 Å². The molecule has 0 saturated carbocycles. The molecule has 1 spiro atoms. The standard InChI is InChI=1S/C22H31FN2O2S/c1-3-5-8-17(4-2)20(26)24-13-11-22(12-14-24)25(15-16-28-22)21(27)18-9-6-7-10-19(18)23/h6-7,9-10,17H,3-5,8,11-16H2,1-2H3/t17-/m0/s1. The number of halogens is 1. The van der Waals surface area contributed by atoms with Crippen molar-refractivity contribution < 1.29 is 14.0 Å². The molecule has 6 heteroatoms. The normalized spacial score (nSPS) is 19.8. The molecule has 0 bridgehead atoms. The average Bonchev–Trinajstić information content (AvgIpc) is 3.11. The molecule has 2 saturated heterocycles. The summed E-state index contributed by atoms with van der Waals surface area (Å²) in [6.45, 7) is 6.23. The van der Waals surface area contributed by atoms with Gasteiger partial charge in [0.05, 0.1) is 10.4 Å². The van der Waals surface area contributed by atoms with Gasteiger partial charge in [0, 0.05) is 31.3 Å². The molecule has 0 aliphatic carbocycles. The maximum absolute atomic E-state index is 14.1. The molecule has 0 N–H and O–H groups in total. The minimum absolute atomic E-state index is 0.112. The first-order valence-corrected chi connectivity index (χ1v) is 11.5. The molecule has 2 heterocycles. The number of benzene rings is 1. The Labute approximate surface area is 171 Å². The average molecular weight is 407 g/mol. The third-order valence-corrected chi connectivity index (χ3v) is 7.68. The quantitative estimate of drug-likeness (QED) is 0.696. The summed E-state index contributed by atoms with van der Waals surface area (Å²) < 4.78 is 14.1. The van der Waals surface area contributed by atoms with E-state index in [9.17, 15) is 14.0 Å². The Morgan fingerprint density at radius 3 is 2.54 bits per heavy atom. The molecule has 0 aromatic heterocycles. The summed E-state index contributed by atoms with van der Waals surface area (Å²) in [5.41, 5.74) is 0.147. The SMILES string of the molecule is CCCC[C@H](CC)C(=O)N1CCC2(CC1)SCCN2C(=O)c1ccccc1F. The predicted octanol–water partition coefficient (Wildman–Crippen LogP) is 4.55. The minimum Gasteiger partial charge on any atom is -0.342 e.